The van der Waals surface area contributed by atoms with Crippen LogP contribution in [0.5, 0.6) is 0 Å². The van der Waals surface area contributed by atoms with Crippen LogP contribution < -0.4 is 11.3 Å². The van der Waals surface area contributed by atoms with Gasteiger partial charge in [0.2, 0.25) is 0 Å². The summed E-state index contributed by atoms with van der Waals surface area (Å²) in [5.74, 6) is 6.46. The molecule has 100 valence electrons. The topological polar surface area (TPSA) is 50.9 Å². The normalized spacial score (nSPS) is 19.4. The smallest absolute Gasteiger partial charge is 0.0663 e. The molecule has 0 amide bonds. The van der Waals surface area contributed by atoms with Gasteiger partial charge in [0.1, 0.15) is 0 Å². The van der Waals surface area contributed by atoms with Crippen LogP contribution in [0.25, 0.3) is 0 Å². The van der Waals surface area contributed by atoms with Crippen LogP contribution in [0.15, 0.2) is 18.3 Å². The molecule has 0 aliphatic heterocycles. The zero-order valence-corrected chi connectivity index (χ0v) is 11.4. The first-order chi connectivity index (χ1) is 8.86. The van der Waals surface area contributed by atoms with Crippen molar-refractivity contribution in [1.29, 1.82) is 0 Å². The SMILES string of the molecule is CCc1cccnc1C(NN)C1CCCCCC1. The van der Waals surface area contributed by atoms with E-state index >= 15 is 0 Å². The van der Waals surface area contributed by atoms with E-state index in [0.29, 0.717) is 5.92 Å². The first-order valence-corrected chi connectivity index (χ1v) is 7.26. The van der Waals surface area contributed by atoms with Crippen molar-refractivity contribution in [2.24, 2.45) is 11.8 Å². The Kier molecular flexibility index (Phi) is 5.14. The predicted molar refractivity (Wildman–Crippen MR) is 74.9 cm³/mol. The number of nitrogens with two attached hydrogens (primary N) is 1. The Balaban J connectivity index is 2.20. The van der Waals surface area contributed by atoms with Gasteiger partial charge in [-0.15, -0.1) is 0 Å². The number of aromatic nitrogens is 1. The lowest BCUT2D eigenvalue weighted by atomic mass is 9.88. The van der Waals surface area contributed by atoms with Gasteiger partial charge in [-0.2, -0.15) is 0 Å². The van der Waals surface area contributed by atoms with Crippen molar-refractivity contribution >= 4 is 0 Å². The second-order valence-electron chi connectivity index (χ2n) is 5.30. The second-order valence-corrected chi connectivity index (χ2v) is 5.30. The largest absolute Gasteiger partial charge is 0.271 e. The van der Waals surface area contributed by atoms with Gasteiger partial charge in [-0.05, 0) is 36.8 Å². The first-order valence-electron chi connectivity index (χ1n) is 7.26. The highest BCUT2D eigenvalue weighted by Gasteiger charge is 2.25. The van der Waals surface area contributed by atoms with Gasteiger partial charge in [0.05, 0.1) is 11.7 Å². The Hall–Kier alpha value is -0.930. The van der Waals surface area contributed by atoms with Crippen LogP contribution in [0, 0.1) is 5.92 Å². The number of hydrazine groups is 1. The molecule has 1 heterocycles. The number of rotatable bonds is 4. The van der Waals surface area contributed by atoms with Crippen molar-refractivity contribution in [2.45, 2.75) is 57.9 Å². The number of hydrogen-bond donors (Lipinski definition) is 2. The Labute approximate surface area is 110 Å². The quantitative estimate of drug-likeness (QED) is 0.488. The highest BCUT2D eigenvalue weighted by Crippen LogP contribution is 2.33. The molecule has 0 bridgehead atoms. The van der Waals surface area contributed by atoms with Gasteiger partial charge >= 0.3 is 0 Å². The third kappa shape index (κ3) is 3.09. The minimum atomic E-state index is 0.222. The van der Waals surface area contributed by atoms with Crippen LogP contribution in [0.3, 0.4) is 0 Å². The molecule has 3 nitrogen and oxygen atoms in total. The Morgan fingerprint density at radius 2 is 2.06 bits per heavy atom. The molecule has 0 aromatic carbocycles. The van der Waals surface area contributed by atoms with Gasteiger partial charge in [-0.3, -0.25) is 16.3 Å². The lowest BCUT2D eigenvalue weighted by Crippen LogP contribution is -2.34. The first kappa shape index (κ1) is 13.5. The van der Waals surface area contributed by atoms with Crippen LogP contribution in [0.2, 0.25) is 0 Å². The zero-order chi connectivity index (χ0) is 12.8. The maximum atomic E-state index is 5.82. The number of nitrogens with zero attached hydrogens (tertiary/aromatic N) is 1. The van der Waals surface area contributed by atoms with Gasteiger partial charge in [-0.1, -0.05) is 38.7 Å². The van der Waals surface area contributed by atoms with E-state index < -0.39 is 0 Å². The molecule has 1 aromatic rings. The van der Waals surface area contributed by atoms with Gasteiger partial charge in [0.25, 0.3) is 0 Å². The minimum absolute atomic E-state index is 0.222. The summed E-state index contributed by atoms with van der Waals surface area (Å²) in [6.45, 7) is 2.18. The van der Waals surface area contributed by atoms with Crippen LogP contribution in [-0.2, 0) is 6.42 Å². The third-order valence-corrected chi connectivity index (χ3v) is 4.15. The molecule has 3 heteroatoms. The van der Waals surface area contributed by atoms with Crippen molar-refractivity contribution in [3.05, 3.63) is 29.6 Å². The fraction of sp³-hybridized carbons (Fsp3) is 0.667. The van der Waals surface area contributed by atoms with E-state index in [0.717, 1.165) is 12.1 Å². The minimum Gasteiger partial charge on any atom is -0.271 e. The summed E-state index contributed by atoms with van der Waals surface area (Å²) in [6, 6.07) is 4.41. The molecule has 2 rings (SSSR count). The van der Waals surface area contributed by atoms with Crippen molar-refractivity contribution in [3.8, 4) is 0 Å². The van der Waals surface area contributed by atoms with Crippen LogP contribution in [-0.4, -0.2) is 4.98 Å². The molecule has 1 aliphatic carbocycles. The van der Waals surface area contributed by atoms with Crippen molar-refractivity contribution in [2.75, 3.05) is 0 Å². The van der Waals surface area contributed by atoms with Crippen LogP contribution in [0.4, 0.5) is 0 Å². The summed E-state index contributed by atoms with van der Waals surface area (Å²) in [7, 11) is 0. The van der Waals surface area contributed by atoms with E-state index in [2.05, 4.69) is 23.4 Å². The summed E-state index contributed by atoms with van der Waals surface area (Å²) in [5.41, 5.74) is 5.51. The highest BCUT2D eigenvalue weighted by atomic mass is 15.2. The molecule has 0 spiro atoms. The van der Waals surface area contributed by atoms with E-state index in [1.165, 1.54) is 44.1 Å². The summed E-state index contributed by atoms with van der Waals surface area (Å²) in [5, 5.41) is 0. The molecule has 0 saturated heterocycles. The average molecular weight is 247 g/mol. The van der Waals surface area contributed by atoms with Gasteiger partial charge in [0, 0.05) is 6.20 Å². The average Bonchev–Trinajstić information content (AvgIpc) is 2.69. The molecule has 0 radical (unpaired) electrons. The lowest BCUT2D eigenvalue weighted by Gasteiger charge is -2.26. The molecule has 3 N–H and O–H groups in total. The summed E-state index contributed by atoms with van der Waals surface area (Å²) in [4.78, 5) is 4.58. The highest BCUT2D eigenvalue weighted by molar-refractivity contribution is 5.23. The molecular weight excluding hydrogens is 222 g/mol. The Morgan fingerprint density at radius 1 is 1.33 bits per heavy atom. The molecular formula is C15H25N3. The predicted octanol–water partition coefficient (Wildman–Crippen LogP) is 3.12. The van der Waals surface area contributed by atoms with Crippen LogP contribution >= 0.6 is 0 Å². The molecule has 1 fully saturated rings. The van der Waals surface area contributed by atoms with Crippen molar-refractivity contribution < 1.29 is 0 Å². The molecule has 1 aromatic heterocycles. The Bertz CT molecular complexity index is 357. The fourth-order valence-electron chi connectivity index (χ4n) is 3.11. The maximum absolute atomic E-state index is 5.82. The lowest BCUT2D eigenvalue weighted by molar-refractivity contribution is 0.322. The molecule has 1 aliphatic rings. The van der Waals surface area contributed by atoms with Crippen LogP contribution in [0.1, 0.15) is 62.7 Å². The van der Waals surface area contributed by atoms with Crippen molar-refractivity contribution in [1.82, 2.24) is 10.4 Å². The van der Waals surface area contributed by atoms with Gasteiger partial charge in [-0.25, -0.2) is 0 Å². The zero-order valence-electron chi connectivity index (χ0n) is 11.4. The standard InChI is InChI=1S/C15H25N3/c1-2-12-10-7-11-17-14(12)15(18-16)13-8-5-3-4-6-9-13/h7,10-11,13,15,18H,2-6,8-9,16H2,1H3. The van der Waals surface area contributed by atoms with Gasteiger partial charge in [0.15, 0.2) is 0 Å². The maximum Gasteiger partial charge on any atom is 0.0663 e. The van der Waals surface area contributed by atoms with Gasteiger partial charge < -0.3 is 0 Å². The van der Waals surface area contributed by atoms with E-state index in [1.807, 2.05) is 12.3 Å². The van der Waals surface area contributed by atoms with E-state index in [1.54, 1.807) is 0 Å². The number of aryl methyl sites for hydroxylation is 1. The Morgan fingerprint density at radius 3 is 2.67 bits per heavy atom. The molecule has 18 heavy (non-hydrogen) atoms. The summed E-state index contributed by atoms with van der Waals surface area (Å²) >= 11 is 0. The number of nitrogens with one attached hydrogen (secondary N) is 1. The van der Waals surface area contributed by atoms with E-state index in [9.17, 15) is 0 Å². The molecule has 1 unspecified atom stereocenters. The summed E-state index contributed by atoms with van der Waals surface area (Å²) in [6.07, 6.45) is 10.9. The molecule has 1 atom stereocenters. The fourth-order valence-corrected chi connectivity index (χ4v) is 3.11. The van der Waals surface area contributed by atoms with Crippen molar-refractivity contribution in [3.63, 3.8) is 0 Å². The van der Waals surface area contributed by atoms with E-state index in [4.69, 9.17) is 5.84 Å². The third-order valence-electron chi connectivity index (χ3n) is 4.15. The second kappa shape index (κ2) is 6.86. The summed E-state index contributed by atoms with van der Waals surface area (Å²) < 4.78 is 0. The molecule has 1 saturated carbocycles. The monoisotopic (exact) mass is 247 g/mol. The number of pyridine rings is 1. The number of hydrogen-bond acceptors (Lipinski definition) is 3. The van der Waals surface area contributed by atoms with E-state index in [-0.39, 0.29) is 6.04 Å².